The summed E-state index contributed by atoms with van der Waals surface area (Å²) >= 11 is 8.51. The molecule has 1 N–H and O–H groups in total. The summed E-state index contributed by atoms with van der Waals surface area (Å²) in [6.07, 6.45) is 6.32. The maximum absolute atomic E-state index is 12.1. The molecule has 18 heavy (non-hydrogen) atoms. The number of halogens is 2. The summed E-state index contributed by atoms with van der Waals surface area (Å²) in [6, 6.07) is 1.92. The van der Waals surface area contributed by atoms with Gasteiger partial charge >= 0.3 is 0 Å². The zero-order valence-corrected chi connectivity index (χ0v) is 14.2. The minimum absolute atomic E-state index is 0.0442. The van der Waals surface area contributed by atoms with Crippen LogP contribution in [-0.4, -0.2) is 17.8 Å². The fourth-order valence-corrected chi connectivity index (χ4v) is 4.69. The van der Waals surface area contributed by atoms with Crippen LogP contribution in [0, 0.1) is 5.41 Å². The van der Waals surface area contributed by atoms with Crippen LogP contribution in [0.1, 0.15) is 41.8 Å². The third kappa shape index (κ3) is 3.36. The van der Waals surface area contributed by atoms with Crippen LogP contribution in [0.2, 0.25) is 0 Å². The molecule has 0 bridgehead atoms. The van der Waals surface area contributed by atoms with E-state index < -0.39 is 0 Å². The summed E-state index contributed by atoms with van der Waals surface area (Å²) in [7, 11) is 0. The zero-order valence-electron chi connectivity index (χ0n) is 10.2. The van der Waals surface area contributed by atoms with Crippen molar-refractivity contribution in [2.24, 2.45) is 5.41 Å². The van der Waals surface area contributed by atoms with Gasteiger partial charge in [-0.1, -0.05) is 35.2 Å². The summed E-state index contributed by atoms with van der Waals surface area (Å²) < 4.78 is 0.890. The van der Waals surface area contributed by atoms with E-state index in [4.69, 9.17) is 0 Å². The molecule has 1 aliphatic rings. The summed E-state index contributed by atoms with van der Waals surface area (Å²) in [5.74, 6) is 0.0442. The van der Waals surface area contributed by atoms with Crippen molar-refractivity contribution in [3.05, 3.63) is 20.8 Å². The average Bonchev–Trinajstić information content (AvgIpc) is 2.83. The summed E-state index contributed by atoms with van der Waals surface area (Å²) in [5, 5.41) is 6.01. The molecular formula is C13H17Br2NOS. The van der Waals surface area contributed by atoms with Crippen molar-refractivity contribution in [3.63, 3.8) is 0 Å². The highest BCUT2D eigenvalue weighted by Crippen LogP contribution is 2.37. The average molecular weight is 395 g/mol. The highest BCUT2D eigenvalue weighted by atomic mass is 79.9. The van der Waals surface area contributed by atoms with Crippen molar-refractivity contribution in [2.75, 3.05) is 11.9 Å². The van der Waals surface area contributed by atoms with Crippen molar-refractivity contribution in [3.8, 4) is 0 Å². The molecule has 0 saturated heterocycles. The van der Waals surface area contributed by atoms with Crippen molar-refractivity contribution < 1.29 is 4.79 Å². The van der Waals surface area contributed by atoms with E-state index in [1.165, 1.54) is 43.4 Å². The van der Waals surface area contributed by atoms with Crippen LogP contribution in [0.25, 0.3) is 0 Å². The van der Waals surface area contributed by atoms with Crippen molar-refractivity contribution in [2.45, 2.75) is 32.1 Å². The van der Waals surface area contributed by atoms with E-state index in [-0.39, 0.29) is 11.3 Å². The van der Waals surface area contributed by atoms with Gasteiger partial charge in [0.1, 0.15) is 4.88 Å². The van der Waals surface area contributed by atoms with Gasteiger partial charge in [-0.15, -0.1) is 11.3 Å². The van der Waals surface area contributed by atoms with Crippen LogP contribution < -0.4 is 5.32 Å². The van der Waals surface area contributed by atoms with Gasteiger partial charge in [0.15, 0.2) is 0 Å². The number of hydrogen-bond donors (Lipinski definition) is 1. The lowest BCUT2D eigenvalue weighted by Crippen LogP contribution is -2.40. The highest BCUT2D eigenvalue weighted by molar-refractivity contribution is 9.10. The van der Waals surface area contributed by atoms with Gasteiger partial charge in [0.05, 0.1) is 0 Å². The second-order valence-electron chi connectivity index (χ2n) is 4.97. The molecule has 0 aliphatic heterocycles. The molecule has 2 nitrogen and oxygen atoms in total. The number of thiophene rings is 1. The summed E-state index contributed by atoms with van der Waals surface area (Å²) in [6.45, 7) is 0.779. The molecule has 100 valence electrons. The molecule has 2 rings (SSSR count). The molecule has 0 radical (unpaired) electrons. The predicted octanol–water partition coefficient (Wildman–Crippen LogP) is 4.59. The number of hydrogen-bond acceptors (Lipinski definition) is 2. The molecule has 0 spiro atoms. The molecule has 1 fully saturated rings. The fourth-order valence-electron chi connectivity index (χ4n) is 2.46. The maximum atomic E-state index is 12.1. The number of alkyl halides is 1. The topological polar surface area (TPSA) is 29.1 Å². The summed E-state index contributed by atoms with van der Waals surface area (Å²) in [5.41, 5.74) is 0.262. The lowest BCUT2D eigenvalue weighted by atomic mass is 9.75. The second kappa shape index (κ2) is 6.53. The van der Waals surface area contributed by atoms with E-state index >= 15 is 0 Å². The Kier molecular flexibility index (Phi) is 5.27. The van der Waals surface area contributed by atoms with Crippen molar-refractivity contribution in [1.82, 2.24) is 5.32 Å². The Labute approximate surface area is 129 Å². The minimum Gasteiger partial charge on any atom is -0.351 e. The first-order valence-corrected chi connectivity index (χ1v) is 9.03. The standard InChI is InChI=1S/C13H17Br2NOS/c14-8-13(5-2-1-3-6-13)9-16-12(17)11-10(15)4-7-18-11/h4,7H,1-3,5-6,8-9H2,(H,16,17). The van der Waals surface area contributed by atoms with Gasteiger partial charge in [-0.3, -0.25) is 4.79 Å². The Morgan fingerprint density at radius 1 is 1.39 bits per heavy atom. The van der Waals surface area contributed by atoms with E-state index in [0.717, 1.165) is 21.2 Å². The van der Waals surface area contributed by atoms with E-state index in [2.05, 4.69) is 37.2 Å². The zero-order chi connectivity index (χ0) is 13.0. The Balaban J connectivity index is 1.94. The van der Waals surface area contributed by atoms with Crippen LogP contribution in [-0.2, 0) is 0 Å². The first-order chi connectivity index (χ1) is 8.67. The van der Waals surface area contributed by atoms with Crippen LogP contribution in [0.3, 0.4) is 0 Å². The Morgan fingerprint density at radius 3 is 2.67 bits per heavy atom. The van der Waals surface area contributed by atoms with Gasteiger partial charge in [-0.25, -0.2) is 0 Å². The van der Waals surface area contributed by atoms with Crippen LogP contribution in [0.4, 0.5) is 0 Å². The molecule has 1 aromatic rings. The molecular weight excluding hydrogens is 378 g/mol. The van der Waals surface area contributed by atoms with Crippen LogP contribution in [0.15, 0.2) is 15.9 Å². The molecule has 0 unspecified atom stereocenters. The van der Waals surface area contributed by atoms with E-state index in [1.54, 1.807) is 0 Å². The largest absolute Gasteiger partial charge is 0.351 e. The number of nitrogens with one attached hydrogen (secondary N) is 1. The molecule has 1 aromatic heterocycles. The molecule has 1 amide bonds. The summed E-state index contributed by atoms with van der Waals surface area (Å²) in [4.78, 5) is 12.9. The SMILES string of the molecule is O=C(NCC1(CBr)CCCCC1)c1sccc1Br. The quantitative estimate of drug-likeness (QED) is 0.743. The minimum atomic E-state index is 0.0442. The van der Waals surface area contributed by atoms with E-state index in [0.29, 0.717) is 0 Å². The van der Waals surface area contributed by atoms with Crippen LogP contribution >= 0.6 is 43.2 Å². The van der Waals surface area contributed by atoms with Gasteiger partial charge in [0.2, 0.25) is 0 Å². The molecule has 1 heterocycles. The first-order valence-electron chi connectivity index (χ1n) is 6.24. The number of carbonyl (C=O) groups is 1. The molecule has 1 saturated carbocycles. The molecule has 0 atom stereocenters. The van der Waals surface area contributed by atoms with Gasteiger partial charge in [0.25, 0.3) is 5.91 Å². The monoisotopic (exact) mass is 393 g/mol. The van der Waals surface area contributed by atoms with Crippen LogP contribution in [0.5, 0.6) is 0 Å². The van der Waals surface area contributed by atoms with Gasteiger partial charge in [0, 0.05) is 16.3 Å². The third-order valence-corrected chi connectivity index (χ3v) is 6.67. The smallest absolute Gasteiger partial charge is 0.262 e. The highest BCUT2D eigenvalue weighted by Gasteiger charge is 2.31. The Hall–Kier alpha value is 0.130. The first kappa shape index (κ1) is 14.5. The predicted molar refractivity (Wildman–Crippen MR) is 83.7 cm³/mol. The Bertz CT molecular complexity index is 413. The molecule has 0 aromatic carbocycles. The number of amides is 1. The molecule has 5 heteroatoms. The van der Waals surface area contributed by atoms with Gasteiger partial charge < -0.3 is 5.32 Å². The third-order valence-electron chi connectivity index (χ3n) is 3.65. The second-order valence-corrected chi connectivity index (χ2v) is 7.31. The maximum Gasteiger partial charge on any atom is 0.262 e. The Morgan fingerprint density at radius 2 is 2.11 bits per heavy atom. The lowest BCUT2D eigenvalue weighted by molar-refractivity contribution is 0.0925. The van der Waals surface area contributed by atoms with Gasteiger partial charge in [-0.2, -0.15) is 0 Å². The molecule has 1 aliphatic carbocycles. The van der Waals surface area contributed by atoms with E-state index in [9.17, 15) is 4.79 Å². The van der Waals surface area contributed by atoms with Crippen molar-refractivity contribution >= 4 is 49.1 Å². The fraction of sp³-hybridized carbons (Fsp3) is 0.615. The number of rotatable bonds is 4. The normalized spacial score (nSPS) is 18.6. The van der Waals surface area contributed by atoms with Crippen molar-refractivity contribution in [1.29, 1.82) is 0 Å². The van der Waals surface area contributed by atoms with E-state index in [1.807, 2.05) is 11.4 Å². The number of carbonyl (C=O) groups excluding carboxylic acids is 1. The van der Waals surface area contributed by atoms with Gasteiger partial charge in [-0.05, 0) is 45.6 Å². The lowest BCUT2D eigenvalue weighted by Gasteiger charge is -2.35.